The van der Waals surface area contributed by atoms with E-state index in [0.29, 0.717) is 13.1 Å². The molecule has 1 rings (SSSR count). The van der Waals surface area contributed by atoms with Crippen molar-refractivity contribution in [1.82, 2.24) is 10.2 Å². The third-order valence-electron chi connectivity index (χ3n) is 3.10. The van der Waals surface area contributed by atoms with Crippen molar-refractivity contribution < 1.29 is 18.0 Å². The first kappa shape index (κ1) is 16.5. The van der Waals surface area contributed by atoms with Crippen molar-refractivity contribution in [2.24, 2.45) is 0 Å². The van der Waals surface area contributed by atoms with Crippen molar-refractivity contribution in [3.8, 4) is 0 Å². The predicted molar refractivity (Wildman–Crippen MR) is 70.5 cm³/mol. The molecule has 1 N–H and O–H groups in total. The highest BCUT2D eigenvalue weighted by atomic mass is 19.2. The van der Waals surface area contributed by atoms with Crippen LogP contribution in [0, 0.1) is 17.5 Å². The van der Waals surface area contributed by atoms with Crippen LogP contribution in [-0.4, -0.2) is 29.9 Å². The van der Waals surface area contributed by atoms with Crippen LogP contribution in [0.15, 0.2) is 12.1 Å². The van der Waals surface area contributed by atoms with Gasteiger partial charge in [-0.15, -0.1) is 0 Å². The lowest BCUT2D eigenvalue weighted by atomic mass is 10.2. The highest BCUT2D eigenvalue weighted by molar-refractivity contribution is 5.81. The van der Waals surface area contributed by atoms with E-state index >= 15 is 0 Å². The van der Waals surface area contributed by atoms with E-state index in [4.69, 9.17) is 0 Å². The topological polar surface area (TPSA) is 32.3 Å². The van der Waals surface area contributed by atoms with Crippen molar-refractivity contribution in [3.05, 3.63) is 35.1 Å². The second-order valence-electron chi connectivity index (χ2n) is 4.49. The summed E-state index contributed by atoms with van der Waals surface area (Å²) in [7, 11) is 0. The first-order valence-corrected chi connectivity index (χ1v) is 6.56. The zero-order valence-electron chi connectivity index (χ0n) is 11.8. The van der Waals surface area contributed by atoms with E-state index in [1.54, 1.807) is 11.8 Å². The van der Waals surface area contributed by atoms with Crippen molar-refractivity contribution in [3.63, 3.8) is 0 Å². The second kappa shape index (κ2) is 7.28. The first-order valence-electron chi connectivity index (χ1n) is 6.56. The van der Waals surface area contributed by atoms with Gasteiger partial charge in [0.05, 0.1) is 6.04 Å². The number of likely N-dealkylation sites (N-methyl/N-ethyl adjacent to an activating group) is 1. The molecule has 0 bridgehead atoms. The predicted octanol–water partition coefficient (Wildman–Crippen LogP) is 2.45. The van der Waals surface area contributed by atoms with E-state index in [1.165, 1.54) is 0 Å². The number of halogens is 3. The summed E-state index contributed by atoms with van der Waals surface area (Å²) in [5, 5.41) is 2.87. The number of carbonyl (C=O) groups excluding carboxylic acids is 1. The summed E-state index contributed by atoms with van der Waals surface area (Å²) in [5.74, 6) is -4.03. The summed E-state index contributed by atoms with van der Waals surface area (Å²) in [6, 6.07) is 1.35. The maximum absolute atomic E-state index is 13.0. The molecule has 1 unspecified atom stereocenters. The number of amides is 1. The van der Waals surface area contributed by atoms with Gasteiger partial charge in [0.25, 0.3) is 0 Å². The van der Waals surface area contributed by atoms with Crippen LogP contribution in [0.5, 0.6) is 0 Å². The summed E-state index contributed by atoms with van der Waals surface area (Å²) < 4.78 is 38.9. The van der Waals surface area contributed by atoms with Crippen LogP contribution in [0.25, 0.3) is 0 Å². The number of hydrogen-bond acceptors (Lipinski definition) is 2. The molecule has 1 amide bonds. The van der Waals surface area contributed by atoms with Crippen molar-refractivity contribution in [1.29, 1.82) is 0 Å². The Balaban J connectivity index is 2.65. The molecule has 0 aliphatic carbocycles. The highest BCUT2D eigenvalue weighted by Gasteiger charge is 2.18. The fourth-order valence-electron chi connectivity index (χ4n) is 1.88. The largest absolute Gasteiger partial charge is 0.342 e. The van der Waals surface area contributed by atoms with Gasteiger partial charge in [0.1, 0.15) is 0 Å². The fraction of sp³-hybridized carbons (Fsp3) is 0.500. The molecule has 0 aliphatic rings. The van der Waals surface area contributed by atoms with Gasteiger partial charge in [-0.25, -0.2) is 13.2 Å². The third kappa shape index (κ3) is 3.96. The number of nitrogens with zero attached hydrogens (tertiary/aromatic N) is 1. The minimum Gasteiger partial charge on any atom is -0.342 e. The minimum absolute atomic E-state index is 0.0851. The molecule has 0 saturated heterocycles. The molecule has 3 nitrogen and oxygen atoms in total. The number of hydrogen-bond donors (Lipinski definition) is 1. The monoisotopic (exact) mass is 288 g/mol. The molecule has 20 heavy (non-hydrogen) atoms. The molecule has 0 aromatic heterocycles. The number of benzene rings is 1. The van der Waals surface area contributed by atoms with E-state index in [-0.39, 0.29) is 18.0 Å². The van der Waals surface area contributed by atoms with Gasteiger partial charge in [0, 0.05) is 19.6 Å². The average molecular weight is 288 g/mol. The quantitative estimate of drug-likeness (QED) is 0.816. The van der Waals surface area contributed by atoms with Gasteiger partial charge in [-0.1, -0.05) is 0 Å². The molecule has 1 aromatic carbocycles. The van der Waals surface area contributed by atoms with Gasteiger partial charge in [-0.3, -0.25) is 4.79 Å². The number of carbonyl (C=O) groups is 1. The summed E-state index contributed by atoms with van der Waals surface area (Å²) in [4.78, 5) is 13.6. The lowest BCUT2D eigenvalue weighted by molar-refractivity contribution is -0.132. The third-order valence-corrected chi connectivity index (χ3v) is 3.10. The zero-order valence-corrected chi connectivity index (χ0v) is 11.8. The molecule has 0 aliphatic heterocycles. The van der Waals surface area contributed by atoms with Crippen LogP contribution in [-0.2, 0) is 11.3 Å². The van der Waals surface area contributed by atoms with Gasteiger partial charge in [-0.2, -0.15) is 0 Å². The van der Waals surface area contributed by atoms with Crippen molar-refractivity contribution in [2.45, 2.75) is 33.4 Å². The van der Waals surface area contributed by atoms with Gasteiger partial charge >= 0.3 is 0 Å². The van der Waals surface area contributed by atoms with E-state index in [0.717, 1.165) is 12.1 Å². The SMILES string of the molecule is CCN(CC)C(=O)C(C)NCc1cc(F)c(F)c(F)c1. The van der Waals surface area contributed by atoms with Crippen LogP contribution in [0.4, 0.5) is 13.2 Å². The Morgan fingerprint density at radius 1 is 1.20 bits per heavy atom. The van der Waals surface area contributed by atoms with E-state index in [2.05, 4.69) is 5.32 Å². The Kier molecular flexibility index (Phi) is 6.01. The lowest BCUT2D eigenvalue weighted by Crippen LogP contribution is -2.44. The van der Waals surface area contributed by atoms with E-state index < -0.39 is 23.5 Å². The van der Waals surface area contributed by atoms with E-state index in [9.17, 15) is 18.0 Å². The summed E-state index contributed by atoms with van der Waals surface area (Å²) in [6.07, 6.45) is 0. The average Bonchev–Trinajstić information content (AvgIpc) is 2.43. The minimum atomic E-state index is -1.49. The second-order valence-corrected chi connectivity index (χ2v) is 4.49. The molecule has 112 valence electrons. The molecule has 0 radical (unpaired) electrons. The molecule has 0 spiro atoms. The van der Waals surface area contributed by atoms with Crippen molar-refractivity contribution >= 4 is 5.91 Å². The van der Waals surface area contributed by atoms with Crippen LogP contribution >= 0.6 is 0 Å². The molecule has 1 aromatic rings. The molecule has 0 heterocycles. The molecule has 0 saturated carbocycles. The van der Waals surface area contributed by atoms with Gasteiger partial charge in [-0.05, 0) is 38.5 Å². The van der Waals surface area contributed by atoms with Gasteiger partial charge in [0.2, 0.25) is 5.91 Å². The van der Waals surface area contributed by atoms with Crippen molar-refractivity contribution in [2.75, 3.05) is 13.1 Å². The fourth-order valence-corrected chi connectivity index (χ4v) is 1.88. The Morgan fingerprint density at radius 3 is 2.15 bits per heavy atom. The lowest BCUT2D eigenvalue weighted by Gasteiger charge is -2.23. The standard InChI is InChI=1S/C14H19F3N2O/c1-4-19(5-2)14(20)9(3)18-8-10-6-11(15)13(17)12(16)7-10/h6-7,9,18H,4-5,8H2,1-3H3. The zero-order chi connectivity index (χ0) is 15.3. The normalized spacial score (nSPS) is 12.3. The molecule has 6 heteroatoms. The molecule has 0 fully saturated rings. The Bertz CT molecular complexity index is 452. The first-order chi connectivity index (χ1) is 9.40. The smallest absolute Gasteiger partial charge is 0.239 e. The summed E-state index contributed by atoms with van der Waals surface area (Å²) in [6.45, 7) is 6.71. The van der Waals surface area contributed by atoms with Crippen LogP contribution in [0.2, 0.25) is 0 Å². The van der Waals surface area contributed by atoms with Crippen LogP contribution in [0.3, 0.4) is 0 Å². The summed E-state index contributed by atoms with van der Waals surface area (Å²) >= 11 is 0. The number of rotatable bonds is 6. The Morgan fingerprint density at radius 2 is 1.70 bits per heavy atom. The molecular weight excluding hydrogens is 269 g/mol. The summed E-state index contributed by atoms with van der Waals surface area (Å²) in [5.41, 5.74) is 0.251. The molecule has 1 atom stereocenters. The maximum atomic E-state index is 13.0. The highest BCUT2D eigenvalue weighted by Crippen LogP contribution is 2.13. The Hall–Kier alpha value is -1.56. The maximum Gasteiger partial charge on any atom is 0.239 e. The number of nitrogens with one attached hydrogen (secondary N) is 1. The van der Waals surface area contributed by atoms with E-state index in [1.807, 2.05) is 13.8 Å². The Labute approximate surface area is 116 Å². The van der Waals surface area contributed by atoms with Gasteiger partial charge in [0.15, 0.2) is 17.5 Å². The van der Waals surface area contributed by atoms with Crippen LogP contribution in [0.1, 0.15) is 26.3 Å². The van der Waals surface area contributed by atoms with Crippen LogP contribution < -0.4 is 5.32 Å². The molecular formula is C14H19F3N2O. The van der Waals surface area contributed by atoms with Gasteiger partial charge < -0.3 is 10.2 Å².